The van der Waals surface area contributed by atoms with Gasteiger partial charge in [-0.3, -0.25) is 4.79 Å². The van der Waals surface area contributed by atoms with Gasteiger partial charge in [-0.2, -0.15) is 0 Å². The van der Waals surface area contributed by atoms with Crippen molar-refractivity contribution in [2.75, 3.05) is 19.8 Å². The zero-order valence-corrected chi connectivity index (χ0v) is 14.4. The van der Waals surface area contributed by atoms with Gasteiger partial charge in [0.15, 0.2) is 5.54 Å². The van der Waals surface area contributed by atoms with E-state index in [2.05, 4.69) is 10.6 Å². The van der Waals surface area contributed by atoms with E-state index < -0.39 is 35.2 Å². The molecular formula is C15H26N2O6. The molecule has 8 heteroatoms. The van der Waals surface area contributed by atoms with Gasteiger partial charge in [0.2, 0.25) is 0 Å². The third kappa shape index (κ3) is 5.38. The van der Waals surface area contributed by atoms with E-state index in [-0.39, 0.29) is 26.2 Å². The lowest BCUT2D eigenvalue weighted by Crippen LogP contribution is -2.57. The normalized spacial score (nSPS) is 24.0. The van der Waals surface area contributed by atoms with Gasteiger partial charge in [-0.05, 0) is 34.6 Å². The minimum absolute atomic E-state index is 0.0455. The highest BCUT2D eigenvalue weighted by atomic mass is 16.6. The number of amides is 1. The summed E-state index contributed by atoms with van der Waals surface area (Å²) in [7, 11) is 0. The molecule has 2 atom stereocenters. The molecule has 0 aromatic rings. The minimum atomic E-state index is -1.35. The number of alkyl carbamates (subject to hydrolysis) is 1. The van der Waals surface area contributed by atoms with Crippen LogP contribution < -0.4 is 10.6 Å². The maximum atomic E-state index is 12.3. The Hall–Kier alpha value is -1.83. The molecule has 1 amide bonds. The van der Waals surface area contributed by atoms with Gasteiger partial charge in [-0.1, -0.05) is 0 Å². The first kappa shape index (κ1) is 19.2. The van der Waals surface area contributed by atoms with Crippen LogP contribution in [0.25, 0.3) is 0 Å². The van der Waals surface area contributed by atoms with E-state index in [1.54, 1.807) is 34.6 Å². The Kier molecular flexibility index (Phi) is 6.37. The maximum Gasteiger partial charge on any atom is 0.408 e. The summed E-state index contributed by atoms with van der Waals surface area (Å²) in [6.45, 7) is 9.00. The van der Waals surface area contributed by atoms with Crippen LogP contribution in [0.2, 0.25) is 0 Å². The molecule has 1 rings (SSSR count). The molecule has 1 heterocycles. The summed E-state index contributed by atoms with van der Waals surface area (Å²) in [5, 5.41) is 5.45. The number of rotatable bonds is 5. The molecule has 8 nitrogen and oxygen atoms in total. The Morgan fingerprint density at radius 1 is 1.17 bits per heavy atom. The molecule has 23 heavy (non-hydrogen) atoms. The fraction of sp³-hybridized carbons (Fsp3) is 0.800. The van der Waals surface area contributed by atoms with Crippen molar-refractivity contribution < 1.29 is 28.6 Å². The summed E-state index contributed by atoms with van der Waals surface area (Å²) in [6.07, 6.45) is -0.693. The predicted octanol–water partition coefficient (Wildman–Crippen LogP) is 0.738. The molecule has 0 aromatic heterocycles. The highest BCUT2D eigenvalue weighted by Crippen LogP contribution is 2.23. The summed E-state index contributed by atoms with van der Waals surface area (Å²) in [5.74, 6) is -1.07. The summed E-state index contributed by atoms with van der Waals surface area (Å²) in [5.41, 5.74) is -2.05. The quantitative estimate of drug-likeness (QED) is 0.566. The lowest BCUT2D eigenvalue weighted by Gasteiger charge is -2.29. The standard InChI is InChI=1S/C15H26N2O6/c1-6-21-11(18)10-8-15(9-16-10,12(19)22-7-2)17-13(20)23-14(3,4)5/h10,16H,6-9H2,1-5H3,(H,17,20)/t10-,15-/m0/s1. The van der Waals surface area contributed by atoms with Crippen molar-refractivity contribution in [3.05, 3.63) is 0 Å². The Morgan fingerprint density at radius 3 is 2.30 bits per heavy atom. The number of esters is 2. The van der Waals surface area contributed by atoms with Crippen molar-refractivity contribution >= 4 is 18.0 Å². The first-order chi connectivity index (χ1) is 10.6. The Balaban J connectivity index is 2.87. The molecule has 0 aromatic carbocycles. The lowest BCUT2D eigenvalue weighted by molar-refractivity contribution is -0.150. The van der Waals surface area contributed by atoms with Crippen LogP contribution in [-0.4, -0.2) is 55.0 Å². The number of hydrogen-bond donors (Lipinski definition) is 2. The molecular weight excluding hydrogens is 304 g/mol. The third-order valence-corrected chi connectivity index (χ3v) is 3.18. The molecule has 1 fully saturated rings. The molecule has 132 valence electrons. The van der Waals surface area contributed by atoms with Gasteiger partial charge in [0.1, 0.15) is 11.6 Å². The molecule has 1 aliphatic rings. The van der Waals surface area contributed by atoms with Gasteiger partial charge >= 0.3 is 18.0 Å². The molecule has 0 unspecified atom stereocenters. The molecule has 2 N–H and O–H groups in total. The number of hydrogen-bond acceptors (Lipinski definition) is 7. The molecule has 1 aliphatic heterocycles. The highest BCUT2D eigenvalue weighted by Gasteiger charge is 2.50. The van der Waals surface area contributed by atoms with E-state index in [1.807, 2.05) is 0 Å². The fourth-order valence-electron chi connectivity index (χ4n) is 2.27. The second kappa shape index (κ2) is 7.63. The van der Waals surface area contributed by atoms with Crippen molar-refractivity contribution in [2.24, 2.45) is 0 Å². The van der Waals surface area contributed by atoms with Gasteiger partial charge in [-0.15, -0.1) is 0 Å². The highest BCUT2D eigenvalue weighted by molar-refractivity contribution is 5.89. The van der Waals surface area contributed by atoms with Crippen molar-refractivity contribution in [3.63, 3.8) is 0 Å². The van der Waals surface area contributed by atoms with Crippen LogP contribution in [-0.2, 0) is 23.8 Å². The van der Waals surface area contributed by atoms with Crippen LogP contribution in [0.3, 0.4) is 0 Å². The van der Waals surface area contributed by atoms with Gasteiger partial charge in [0, 0.05) is 13.0 Å². The Labute approximate surface area is 136 Å². The minimum Gasteiger partial charge on any atom is -0.465 e. The predicted molar refractivity (Wildman–Crippen MR) is 81.8 cm³/mol. The fourth-order valence-corrected chi connectivity index (χ4v) is 2.27. The maximum absolute atomic E-state index is 12.3. The van der Waals surface area contributed by atoms with E-state index in [0.717, 1.165) is 0 Å². The van der Waals surface area contributed by atoms with E-state index in [1.165, 1.54) is 0 Å². The second-order valence-corrected chi connectivity index (χ2v) is 6.32. The number of carbonyl (C=O) groups is 3. The first-order valence-corrected chi connectivity index (χ1v) is 7.72. The van der Waals surface area contributed by atoms with Crippen molar-refractivity contribution in [1.29, 1.82) is 0 Å². The van der Waals surface area contributed by atoms with Crippen LogP contribution in [0.15, 0.2) is 0 Å². The molecule has 0 spiro atoms. The van der Waals surface area contributed by atoms with E-state index in [9.17, 15) is 14.4 Å². The van der Waals surface area contributed by atoms with Gasteiger partial charge in [-0.25, -0.2) is 9.59 Å². The molecule has 0 saturated carbocycles. The molecule has 0 radical (unpaired) electrons. The van der Waals surface area contributed by atoms with Crippen LogP contribution in [0, 0.1) is 0 Å². The number of carbonyl (C=O) groups excluding carboxylic acids is 3. The zero-order valence-electron chi connectivity index (χ0n) is 14.4. The molecule has 0 bridgehead atoms. The topological polar surface area (TPSA) is 103 Å². The second-order valence-electron chi connectivity index (χ2n) is 6.32. The van der Waals surface area contributed by atoms with Crippen LogP contribution >= 0.6 is 0 Å². The number of ether oxygens (including phenoxy) is 3. The Bertz CT molecular complexity index is 459. The van der Waals surface area contributed by atoms with Crippen molar-refractivity contribution in [3.8, 4) is 0 Å². The summed E-state index contributed by atoms with van der Waals surface area (Å²) < 4.78 is 15.2. The Morgan fingerprint density at radius 2 is 1.78 bits per heavy atom. The van der Waals surface area contributed by atoms with Crippen LogP contribution in [0.4, 0.5) is 4.79 Å². The average molecular weight is 330 g/mol. The van der Waals surface area contributed by atoms with E-state index >= 15 is 0 Å². The summed E-state index contributed by atoms with van der Waals surface area (Å²) in [6, 6.07) is -0.686. The van der Waals surface area contributed by atoms with Gasteiger partial charge in [0.25, 0.3) is 0 Å². The number of nitrogens with one attached hydrogen (secondary N) is 2. The summed E-state index contributed by atoms with van der Waals surface area (Å²) >= 11 is 0. The van der Waals surface area contributed by atoms with E-state index in [0.29, 0.717) is 0 Å². The first-order valence-electron chi connectivity index (χ1n) is 7.72. The SMILES string of the molecule is CCOC(=O)[C@@H]1C[C@@](NC(=O)OC(C)(C)C)(C(=O)OCC)CN1. The van der Waals surface area contributed by atoms with Gasteiger partial charge < -0.3 is 24.8 Å². The summed E-state index contributed by atoms with van der Waals surface area (Å²) in [4.78, 5) is 36.2. The third-order valence-electron chi connectivity index (χ3n) is 3.18. The van der Waals surface area contributed by atoms with Crippen LogP contribution in [0.1, 0.15) is 41.0 Å². The monoisotopic (exact) mass is 330 g/mol. The van der Waals surface area contributed by atoms with Crippen molar-refractivity contribution in [2.45, 2.75) is 58.2 Å². The van der Waals surface area contributed by atoms with Crippen LogP contribution in [0.5, 0.6) is 0 Å². The largest absolute Gasteiger partial charge is 0.465 e. The molecule has 0 aliphatic carbocycles. The zero-order chi connectivity index (χ0) is 17.7. The molecule has 1 saturated heterocycles. The smallest absolute Gasteiger partial charge is 0.408 e. The van der Waals surface area contributed by atoms with E-state index in [4.69, 9.17) is 14.2 Å². The lowest BCUT2D eigenvalue weighted by atomic mass is 9.96. The van der Waals surface area contributed by atoms with Gasteiger partial charge in [0.05, 0.1) is 13.2 Å². The average Bonchev–Trinajstić information content (AvgIpc) is 2.82. The van der Waals surface area contributed by atoms with Crippen molar-refractivity contribution in [1.82, 2.24) is 10.6 Å².